The molecule has 1 aliphatic rings. The van der Waals surface area contributed by atoms with Gasteiger partial charge in [0.25, 0.3) is 5.91 Å². The topological polar surface area (TPSA) is 41.1 Å². The van der Waals surface area contributed by atoms with Gasteiger partial charge in [-0.2, -0.15) is 11.3 Å². The minimum absolute atomic E-state index is 0.0576. The minimum Gasteiger partial charge on any atom is -0.352 e. The molecule has 1 aromatic rings. The van der Waals surface area contributed by atoms with Gasteiger partial charge in [-0.25, -0.2) is 0 Å². The fourth-order valence-corrected chi connectivity index (χ4v) is 2.48. The van der Waals surface area contributed by atoms with Gasteiger partial charge in [-0.05, 0) is 43.3 Å². The molecule has 1 aromatic heterocycles. The van der Waals surface area contributed by atoms with E-state index in [0.29, 0.717) is 0 Å². The van der Waals surface area contributed by atoms with Gasteiger partial charge >= 0.3 is 0 Å². The number of carbonyl (C=O) groups excluding carboxylic acids is 1. The van der Waals surface area contributed by atoms with E-state index in [1.54, 1.807) is 11.3 Å². The second-order valence-corrected chi connectivity index (χ2v) is 4.70. The Balaban J connectivity index is 1.67. The Hall–Kier alpha value is -0.870. The number of hydrogen-bond donors (Lipinski definition) is 2. The summed E-state index contributed by atoms with van der Waals surface area (Å²) in [6.07, 6.45) is 2.33. The van der Waals surface area contributed by atoms with Crippen molar-refractivity contribution in [2.24, 2.45) is 5.92 Å². The number of rotatable bonds is 4. The predicted molar refractivity (Wildman–Crippen MR) is 62.2 cm³/mol. The van der Waals surface area contributed by atoms with Crippen molar-refractivity contribution < 1.29 is 4.79 Å². The predicted octanol–water partition coefficient (Wildman–Crippen LogP) is 1.48. The van der Waals surface area contributed by atoms with Gasteiger partial charge in [-0.3, -0.25) is 4.79 Å². The summed E-state index contributed by atoms with van der Waals surface area (Å²) < 4.78 is 0. The molecule has 3 nitrogen and oxygen atoms in total. The molecular formula is C11H16N2OS. The van der Waals surface area contributed by atoms with Crippen LogP contribution in [0.2, 0.25) is 0 Å². The van der Waals surface area contributed by atoms with Gasteiger partial charge in [0.2, 0.25) is 0 Å². The molecule has 0 aliphatic carbocycles. The van der Waals surface area contributed by atoms with Crippen LogP contribution in [-0.2, 0) is 0 Å². The normalized spacial score (nSPS) is 20.4. The van der Waals surface area contributed by atoms with Gasteiger partial charge in [0.1, 0.15) is 0 Å². The first-order valence-corrected chi connectivity index (χ1v) is 6.31. The average Bonchev–Trinajstić information content (AvgIpc) is 2.90. The molecule has 2 heterocycles. The van der Waals surface area contributed by atoms with Crippen LogP contribution in [-0.4, -0.2) is 25.5 Å². The lowest BCUT2D eigenvalue weighted by Gasteiger charge is -2.08. The molecule has 2 N–H and O–H groups in total. The van der Waals surface area contributed by atoms with E-state index in [9.17, 15) is 4.79 Å². The summed E-state index contributed by atoms with van der Waals surface area (Å²) in [5, 5.41) is 10.1. The van der Waals surface area contributed by atoms with Crippen molar-refractivity contribution in [2.45, 2.75) is 12.8 Å². The van der Waals surface area contributed by atoms with E-state index in [-0.39, 0.29) is 5.91 Å². The van der Waals surface area contributed by atoms with Crippen molar-refractivity contribution in [3.8, 4) is 0 Å². The average molecular weight is 224 g/mol. The molecule has 1 fully saturated rings. The number of amides is 1. The summed E-state index contributed by atoms with van der Waals surface area (Å²) in [6, 6.07) is 1.86. The van der Waals surface area contributed by atoms with Gasteiger partial charge in [0.15, 0.2) is 0 Å². The smallest absolute Gasteiger partial charge is 0.252 e. The Morgan fingerprint density at radius 2 is 2.60 bits per heavy atom. The monoisotopic (exact) mass is 224 g/mol. The van der Waals surface area contributed by atoms with Crippen LogP contribution < -0.4 is 10.6 Å². The van der Waals surface area contributed by atoms with Crippen LogP contribution in [0.25, 0.3) is 0 Å². The number of carbonyl (C=O) groups is 1. The summed E-state index contributed by atoms with van der Waals surface area (Å²) in [4.78, 5) is 11.6. The van der Waals surface area contributed by atoms with E-state index < -0.39 is 0 Å². The number of thiophene rings is 1. The van der Waals surface area contributed by atoms with Gasteiger partial charge in [-0.1, -0.05) is 0 Å². The van der Waals surface area contributed by atoms with Gasteiger partial charge < -0.3 is 10.6 Å². The molecule has 0 unspecified atom stereocenters. The Labute approximate surface area is 93.9 Å². The lowest BCUT2D eigenvalue weighted by atomic mass is 10.1. The Bertz CT molecular complexity index is 304. The van der Waals surface area contributed by atoms with E-state index >= 15 is 0 Å². The highest BCUT2D eigenvalue weighted by Crippen LogP contribution is 2.11. The van der Waals surface area contributed by atoms with E-state index in [4.69, 9.17) is 0 Å². The number of nitrogens with one attached hydrogen (secondary N) is 2. The molecule has 0 spiro atoms. The molecule has 15 heavy (non-hydrogen) atoms. The van der Waals surface area contributed by atoms with Crippen molar-refractivity contribution in [3.63, 3.8) is 0 Å². The Kier molecular flexibility index (Phi) is 3.75. The van der Waals surface area contributed by atoms with Crippen molar-refractivity contribution in [1.82, 2.24) is 10.6 Å². The third-order valence-electron chi connectivity index (χ3n) is 2.78. The van der Waals surface area contributed by atoms with E-state index in [1.807, 2.05) is 16.8 Å². The molecule has 1 atom stereocenters. The van der Waals surface area contributed by atoms with E-state index in [2.05, 4.69) is 10.6 Å². The number of hydrogen-bond acceptors (Lipinski definition) is 3. The highest BCUT2D eigenvalue weighted by molar-refractivity contribution is 7.08. The van der Waals surface area contributed by atoms with Crippen LogP contribution >= 0.6 is 11.3 Å². The third-order valence-corrected chi connectivity index (χ3v) is 3.47. The first-order chi connectivity index (χ1) is 7.36. The molecule has 1 saturated heterocycles. The fraction of sp³-hybridized carbons (Fsp3) is 0.545. The summed E-state index contributed by atoms with van der Waals surface area (Å²) in [5.41, 5.74) is 0.782. The lowest BCUT2D eigenvalue weighted by Crippen LogP contribution is -2.26. The molecule has 0 radical (unpaired) electrons. The second-order valence-electron chi connectivity index (χ2n) is 3.92. The molecule has 0 aromatic carbocycles. The Morgan fingerprint density at radius 1 is 1.67 bits per heavy atom. The standard InChI is InChI=1S/C11H16N2OS/c14-11(10-3-6-15-8-10)13-5-2-9-1-4-12-7-9/h3,6,8-9,12H,1-2,4-5,7H2,(H,13,14)/t9-/m0/s1. The molecule has 2 rings (SSSR count). The molecule has 0 saturated carbocycles. The van der Waals surface area contributed by atoms with E-state index in [1.165, 1.54) is 6.42 Å². The minimum atomic E-state index is 0.0576. The van der Waals surface area contributed by atoms with Crippen LogP contribution in [0.4, 0.5) is 0 Å². The zero-order chi connectivity index (χ0) is 10.5. The first-order valence-electron chi connectivity index (χ1n) is 5.37. The summed E-state index contributed by atoms with van der Waals surface area (Å²) >= 11 is 1.56. The maximum atomic E-state index is 11.6. The molecule has 1 aliphatic heterocycles. The molecular weight excluding hydrogens is 208 g/mol. The molecule has 1 amide bonds. The third kappa shape index (κ3) is 3.04. The largest absolute Gasteiger partial charge is 0.352 e. The fourth-order valence-electron chi connectivity index (χ4n) is 1.85. The second kappa shape index (κ2) is 5.28. The van der Waals surface area contributed by atoms with Crippen LogP contribution in [0.5, 0.6) is 0 Å². The van der Waals surface area contributed by atoms with E-state index in [0.717, 1.165) is 37.5 Å². The van der Waals surface area contributed by atoms with Crippen LogP contribution in [0.1, 0.15) is 23.2 Å². The zero-order valence-corrected chi connectivity index (χ0v) is 9.48. The molecule has 4 heteroatoms. The summed E-state index contributed by atoms with van der Waals surface area (Å²) in [7, 11) is 0. The highest BCUT2D eigenvalue weighted by Gasteiger charge is 2.14. The van der Waals surface area contributed by atoms with Gasteiger partial charge in [-0.15, -0.1) is 0 Å². The van der Waals surface area contributed by atoms with Crippen molar-refractivity contribution in [1.29, 1.82) is 0 Å². The zero-order valence-electron chi connectivity index (χ0n) is 8.66. The molecule has 82 valence electrons. The summed E-state index contributed by atoms with van der Waals surface area (Å²) in [6.45, 7) is 3.03. The first kappa shape index (κ1) is 10.6. The van der Waals surface area contributed by atoms with Crippen LogP contribution in [0.15, 0.2) is 16.8 Å². The van der Waals surface area contributed by atoms with Crippen LogP contribution in [0, 0.1) is 5.92 Å². The molecule has 0 bridgehead atoms. The van der Waals surface area contributed by atoms with Gasteiger partial charge in [0, 0.05) is 17.5 Å². The van der Waals surface area contributed by atoms with Crippen LogP contribution in [0.3, 0.4) is 0 Å². The summed E-state index contributed by atoms with van der Waals surface area (Å²) in [5.74, 6) is 0.801. The SMILES string of the molecule is O=C(NCC[C@@H]1CCNC1)c1ccsc1. The quantitative estimate of drug-likeness (QED) is 0.813. The maximum Gasteiger partial charge on any atom is 0.252 e. The maximum absolute atomic E-state index is 11.6. The van der Waals surface area contributed by atoms with Crippen molar-refractivity contribution in [2.75, 3.05) is 19.6 Å². The van der Waals surface area contributed by atoms with Crippen molar-refractivity contribution in [3.05, 3.63) is 22.4 Å². The van der Waals surface area contributed by atoms with Crippen molar-refractivity contribution >= 4 is 17.2 Å². The lowest BCUT2D eigenvalue weighted by molar-refractivity contribution is 0.0952. The highest BCUT2D eigenvalue weighted by atomic mass is 32.1. The van der Waals surface area contributed by atoms with Gasteiger partial charge in [0.05, 0.1) is 0 Å². The Morgan fingerprint density at radius 3 is 3.27 bits per heavy atom.